The van der Waals surface area contributed by atoms with Gasteiger partial charge in [-0.15, -0.1) is 0 Å². The van der Waals surface area contributed by atoms with E-state index in [1.165, 1.54) is 16.4 Å². The molecule has 28 heavy (non-hydrogen) atoms. The minimum absolute atomic E-state index is 0.111. The summed E-state index contributed by atoms with van der Waals surface area (Å²) in [6.07, 6.45) is 0.686. The van der Waals surface area contributed by atoms with Crippen LogP contribution in [0.15, 0.2) is 50.5 Å². The largest absolute Gasteiger partial charge is 0.338 e. The summed E-state index contributed by atoms with van der Waals surface area (Å²) in [5.74, 6) is 0.616. The van der Waals surface area contributed by atoms with E-state index in [2.05, 4.69) is 15.0 Å². The van der Waals surface area contributed by atoms with Crippen molar-refractivity contribution in [2.75, 3.05) is 26.2 Å². The minimum atomic E-state index is -3.63. The van der Waals surface area contributed by atoms with Crippen LogP contribution in [0, 0.1) is 5.82 Å². The van der Waals surface area contributed by atoms with Crippen LogP contribution >= 0.6 is 11.3 Å². The molecule has 3 heterocycles. The summed E-state index contributed by atoms with van der Waals surface area (Å²) < 4.78 is 45.5. The Kier molecular flexibility index (Phi) is 5.54. The molecular weight excluding hydrogens is 403 g/mol. The molecule has 2 aromatic heterocycles. The number of rotatable bonds is 5. The van der Waals surface area contributed by atoms with Gasteiger partial charge in [-0.2, -0.15) is 20.6 Å². The van der Waals surface area contributed by atoms with Gasteiger partial charge in [0, 0.05) is 30.6 Å². The quantitative estimate of drug-likeness (QED) is 0.629. The third-order valence-corrected chi connectivity index (χ3v) is 7.20. The second-order valence-corrected chi connectivity index (χ2v) is 9.23. The molecule has 0 bridgehead atoms. The average molecular weight is 423 g/mol. The van der Waals surface area contributed by atoms with Crippen molar-refractivity contribution < 1.29 is 17.3 Å². The van der Waals surface area contributed by atoms with Crippen LogP contribution < -0.4 is 0 Å². The van der Waals surface area contributed by atoms with Gasteiger partial charge in [-0.05, 0) is 48.7 Å². The Balaban J connectivity index is 1.40. The van der Waals surface area contributed by atoms with Gasteiger partial charge in [-0.3, -0.25) is 4.90 Å². The molecule has 0 saturated carbocycles. The van der Waals surface area contributed by atoms with Crippen LogP contribution in [0.1, 0.15) is 12.3 Å². The van der Waals surface area contributed by atoms with E-state index >= 15 is 0 Å². The summed E-state index contributed by atoms with van der Waals surface area (Å²) >= 11 is 1.57. The maximum Gasteiger partial charge on any atom is 0.243 e. The molecule has 1 aromatic carbocycles. The van der Waals surface area contributed by atoms with Crippen molar-refractivity contribution in [1.82, 2.24) is 19.3 Å². The lowest BCUT2D eigenvalue weighted by atomic mass is 10.3. The SMILES string of the molecule is O=S(=O)(c1ccc(F)cc1)N1CCCN(Cc2nc(-c3ccsc3)no2)CC1. The molecule has 4 rings (SSSR count). The van der Waals surface area contributed by atoms with E-state index in [1.807, 2.05) is 16.8 Å². The van der Waals surface area contributed by atoms with Crippen molar-refractivity contribution in [3.63, 3.8) is 0 Å². The van der Waals surface area contributed by atoms with Crippen LogP contribution in [-0.2, 0) is 16.6 Å². The number of nitrogens with zero attached hydrogens (tertiary/aromatic N) is 4. The fraction of sp³-hybridized carbons (Fsp3) is 0.333. The first-order valence-electron chi connectivity index (χ1n) is 8.85. The lowest BCUT2D eigenvalue weighted by Crippen LogP contribution is -2.35. The molecule has 148 valence electrons. The molecule has 0 unspecified atom stereocenters. The Morgan fingerprint density at radius 2 is 1.93 bits per heavy atom. The molecule has 1 saturated heterocycles. The number of hydrogen-bond acceptors (Lipinski definition) is 7. The van der Waals surface area contributed by atoms with Gasteiger partial charge in [-0.1, -0.05) is 5.16 Å². The van der Waals surface area contributed by atoms with Crippen LogP contribution in [-0.4, -0.2) is 53.9 Å². The van der Waals surface area contributed by atoms with Gasteiger partial charge < -0.3 is 4.52 Å². The van der Waals surface area contributed by atoms with Crippen LogP contribution in [0.5, 0.6) is 0 Å². The molecule has 0 amide bonds. The van der Waals surface area contributed by atoms with Crippen molar-refractivity contribution in [3.05, 3.63) is 52.8 Å². The third kappa shape index (κ3) is 4.14. The number of benzene rings is 1. The van der Waals surface area contributed by atoms with Gasteiger partial charge >= 0.3 is 0 Å². The predicted molar refractivity (Wildman–Crippen MR) is 103 cm³/mol. The number of sulfonamides is 1. The van der Waals surface area contributed by atoms with Crippen LogP contribution in [0.25, 0.3) is 11.4 Å². The molecule has 0 aliphatic carbocycles. The minimum Gasteiger partial charge on any atom is -0.338 e. The Morgan fingerprint density at radius 3 is 2.68 bits per heavy atom. The molecule has 10 heteroatoms. The van der Waals surface area contributed by atoms with Crippen molar-refractivity contribution in [3.8, 4) is 11.4 Å². The van der Waals surface area contributed by atoms with Crippen molar-refractivity contribution in [1.29, 1.82) is 0 Å². The summed E-state index contributed by atoms with van der Waals surface area (Å²) in [6.45, 7) is 2.52. The molecule has 1 fully saturated rings. The fourth-order valence-corrected chi connectivity index (χ4v) is 5.22. The highest BCUT2D eigenvalue weighted by Gasteiger charge is 2.27. The first-order chi connectivity index (χ1) is 13.5. The normalized spacial score (nSPS) is 16.9. The second kappa shape index (κ2) is 8.08. The van der Waals surface area contributed by atoms with Gasteiger partial charge in [0.05, 0.1) is 11.4 Å². The maximum atomic E-state index is 13.1. The summed E-state index contributed by atoms with van der Waals surface area (Å²) in [5.41, 5.74) is 0.924. The van der Waals surface area contributed by atoms with Crippen molar-refractivity contribution in [2.24, 2.45) is 0 Å². The molecule has 1 aliphatic heterocycles. The molecule has 0 N–H and O–H groups in total. The van der Waals surface area contributed by atoms with Gasteiger partial charge in [0.1, 0.15) is 5.82 Å². The van der Waals surface area contributed by atoms with Crippen LogP contribution in [0.4, 0.5) is 4.39 Å². The fourth-order valence-electron chi connectivity index (χ4n) is 3.12. The summed E-state index contributed by atoms with van der Waals surface area (Å²) in [5, 5.41) is 7.92. The smallest absolute Gasteiger partial charge is 0.243 e. The molecule has 3 aromatic rings. The van der Waals surface area contributed by atoms with E-state index in [9.17, 15) is 12.8 Å². The average Bonchev–Trinajstić information content (AvgIpc) is 3.31. The third-order valence-electron chi connectivity index (χ3n) is 4.61. The monoisotopic (exact) mass is 422 g/mol. The van der Waals surface area contributed by atoms with Gasteiger partial charge in [0.2, 0.25) is 21.7 Å². The summed E-state index contributed by atoms with van der Waals surface area (Å²) in [6, 6.07) is 6.87. The highest BCUT2D eigenvalue weighted by molar-refractivity contribution is 7.89. The number of thiophene rings is 1. The molecule has 0 spiro atoms. The summed E-state index contributed by atoms with van der Waals surface area (Å²) in [7, 11) is -3.63. The van der Waals surface area contributed by atoms with Gasteiger partial charge in [0.25, 0.3) is 0 Å². The number of halogens is 1. The van der Waals surface area contributed by atoms with Gasteiger partial charge in [0.15, 0.2) is 0 Å². The molecular formula is C18H19FN4O3S2. The standard InChI is InChI=1S/C18H19FN4O3S2/c19-15-2-4-16(5-3-15)28(24,25)23-8-1-7-22(9-10-23)12-17-20-18(21-26-17)14-6-11-27-13-14/h2-6,11,13H,1,7-10,12H2. The van der Waals surface area contributed by atoms with Crippen molar-refractivity contribution >= 4 is 21.4 Å². The first-order valence-corrected chi connectivity index (χ1v) is 11.2. The Bertz CT molecular complexity index is 1020. The van der Waals surface area contributed by atoms with E-state index in [-0.39, 0.29) is 4.90 Å². The van der Waals surface area contributed by atoms with Crippen LogP contribution in [0.2, 0.25) is 0 Å². The van der Waals surface area contributed by atoms with Crippen LogP contribution in [0.3, 0.4) is 0 Å². The maximum absolute atomic E-state index is 13.1. The zero-order chi connectivity index (χ0) is 19.6. The molecule has 0 radical (unpaired) electrons. The van der Waals surface area contributed by atoms with E-state index in [1.54, 1.807) is 11.3 Å². The Labute approximate surface area is 166 Å². The number of aromatic nitrogens is 2. The van der Waals surface area contributed by atoms with Crippen molar-refractivity contribution in [2.45, 2.75) is 17.9 Å². The molecule has 0 atom stereocenters. The van der Waals surface area contributed by atoms with E-state index in [0.29, 0.717) is 44.3 Å². The van der Waals surface area contributed by atoms with E-state index in [0.717, 1.165) is 24.2 Å². The Morgan fingerprint density at radius 1 is 1.11 bits per heavy atom. The second-order valence-electron chi connectivity index (χ2n) is 6.51. The lowest BCUT2D eigenvalue weighted by molar-refractivity contribution is 0.236. The zero-order valence-electron chi connectivity index (χ0n) is 15.0. The first kappa shape index (κ1) is 19.2. The molecule has 7 nitrogen and oxygen atoms in total. The van der Waals surface area contributed by atoms with Gasteiger partial charge in [-0.25, -0.2) is 12.8 Å². The van der Waals surface area contributed by atoms with E-state index in [4.69, 9.17) is 4.52 Å². The highest BCUT2D eigenvalue weighted by atomic mass is 32.2. The highest BCUT2D eigenvalue weighted by Crippen LogP contribution is 2.21. The summed E-state index contributed by atoms with van der Waals surface area (Å²) in [4.78, 5) is 6.63. The topological polar surface area (TPSA) is 79.5 Å². The zero-order valence-corrected chi connectivity index (χ0v) is 16.6. The Hall–Kier alpha value is -2.14. The molecule has 1 aliphatic rings. The number of hydrogen-bond donors (Lipinski definition) is 0. The lowest BCUT2D eigenvalue weighted by Gasteiger charge is -2.20. The van der Waals surface area contributed by atoms with E-state index < -0.39 is 15.8 Å². The predicted octanol–water partition coefficient (Wildman–Crippen LogP) is 2.83.